The predicted octanol–water partition coefficient (Wildman–Crippen LogP) is 3.42. The van der Waals surface area contributed by atoms with E-state index in [0.717, 1.165) is 31.7 Å². The number of nitrogens with two attached hydrogens (primary N) is 1. The van der Waals surface area contributed by atoms with Gasteiger partial charge >= 0.3 is 0 Å². The fourth-order valence-corrected chi connectivity index (χ4v) is 2.84. The molecule has 1 aliphatic carbocycles. The molecule has 0 heterocycles. The lowest BCUT2D eigenvalue weighted by atomic mass is 9.70. The molecule has 1 saturated carbocycles. The highest BCUT2D eigenvalue weighted by Gasteiger charge is 2.31. The maximum atomic E-state index is 13.6. The molecular weight excluding hydrogens is 220 g/mol. The normalized spacial score (nSPS) is 19.2. The van der Waals surface area contributed by atoms with Gasteiger partial charge in [-0.25, -0.2) is 8.78 Å². The van der Waals surface area contributed by atoms with Gasteiger partial charge < -0.3 is 5.73 Å². The maximum absolute atomic E-state index is 13.6. The Labute approximate surface area is 101 Å². The second-order valence-corrected chi connectivity index (χ2v) is 5.18. The Hall–Kier alpha value is -0.960. The van der Waals surface area contributed by atoms with Crippen molar-refractivity contribution >= 4 is 0 Å². The summed E-state index contributed by atoms with van der Waals surface area (Å²) in [4.78, 5) is 0. The van der Waals surface area contributed by atoms with Crippen LogP contribution in [0.15, 0.2) is 18.2 Å². The van der Waals surface area contributed by atoms with E-state index in [1.807, 2.05) is 0 Å². The number of halogens is 2. The molecule has 0 aromatic heterocycles. The molecule has 94 valence electrons. The summed E-state index contributed by atoms with van der Waals surface area (Å²) in [6.45, 7) is 0.558. The van der Waals surface area contributed by atoms with Crippen molar-refractivity contribution in [2.24, 2.45) is 11.1 Å². The summed E-state index contributed by atoms with van der Waals surface area (Å²) in [5.41, 5.74) is 6.31. The van der Waals surface area contributed by atoms with Crippen molar-refractivity contribution in [2.75, 3.05) is 6.54 Å². The topological polar surface area (TPSA) is 26.0 Å². The quantitative estimate of drug-likeness (QED) is 0.859. The molecule has 2 rings (SSSR count). The zero-order chi connectivity index (χ0) is 12.3. The van der Waals surface area contributed by atoms with Crippen molar-refractivity contribution in [3.8, 4) is 0 Å². The summed E-state index contributed by atoms with van der Waals surface area (Å²) in [5, 5.41) is 0. The highest BCUT2D eigenvalue weighted by Crippen LogP contribution is 2.38. The molecule has 0 aliphatic heterocycles. The minimum Gasteiger partial charge on any atom is -0.330 e. The van der Waals surface area contributed by atoms with Gasteiger partial charge in [0.2, 0.25) is 0 Å². The van der Waals surface area contributed by atoms with Crippen LogP contribution in [0.5, 0.6) is 0 Å². The zero-order valence-electron chi connectivity index (χ0n) is 10.0. The second kappa shape index (κ2) is 5.13. The Morgan fingerprint density at radius 1 is 1.12 bits per heavy atom. The minimum atomic E-state index is -0.371. The number of hydrogen-bond donors (Lipinski definition) is 1. The lowest BCUT2D eigenvalue weighted by molar-refractivity contribution is 0.195. The Morgan fingerprint density at radius 3 is 2.47 bits per heavy atom. The molecule has 0 unspecified atom stereocenters. The molecule has 0 radical (unpaired) electrons. The maximum Gasteiger partial charge on any atom is 0.126 e. The van der Waals surface area contributed by atoms with Crippen LogP contribution < -0.4 is 5.73 Å². The fourth-order valence-electron chi connectivity index (χ4n) is 2.84. The van der Waals surface area contributed by atoms with Gasteiger partial charge in [0.15, 0.2) is 0 Å². The van der Waals surface area contributed by atoms with Crippen LogP contribution in [0.2, 0.25) is 0 Å². The largest absolute Gasteiger partial charge is 0.330 e. The third kappa shape index (κ3) is 2.83. The lowest BCUT2D eigenvalue weighted by Crippen LogP contribution is -2.35. The summed E-state index contributed by atoms with van der Waals surface area (Å²) in [6, 6.07) is 3.67. The minimum absolute atomic E-state index is 0.0209. The van der Waals surface area contributed by atoms with Gasteiger partial charge in [-0.05, 0) is 55.0 Å². The highest BCUT2D eigenvalue weighted by molar-refractivity contribution is 5.20. The molecule has 1 nitrogen and oxygen atoms in total. The first-order chi connectivity index (χ1) is 8.15. The van der Waals surface area contributed by atoms with E-state index in [2.05, 4.69) is 0 Å². The van der Waals surface area contributed by atoms with Gasteiger partial charge in [0.05, 0.1) is 0 Å². The first-order valence-electron chi connectivity index (χ1n) is 6.29. The van der Waals surface area contributed by atoms with Gasteiger partial charge in [-0.1, -0.05) is 19.3 Å². The Kier molecular flexibility index (Phi) is 3.77. The summed E-state index contributed by atoms with van der Waals surface area (Å²) in [7, 11) is 0. The van der Waals surface area contributed by atoms with Crippen LogP contribution in [-0.2, 0) is 6.42 Å². The molecule has 1 aromatic carbocycles. The van der Waals surface area contributed by atoms with E-state index >= 15 is 0 Å². The molecular formula is C14H19F2N. The van der Waals surface area contributed by atoms with Gasteiger partial charge in [-0.2, -0.15) is 0 Å². The van der Waals surface area contributed by atoms with E-state index in [4.69, 9.17) is 5.73 Å². The van der Waals surface area contributed by atoms with Crippen LogP contribution in [0.1, 0.15) is 37.7 Å². The molecule has 0 saturated heterocycles. The Morgan fingerprint density at radius 2 is 1.82 bits per heavy atom. The molecule has 2 N–H and O–H groups in total. The SMILES string of the molecule is NCC1(Cc2cc(F)ccc2F)CCCCC1. The third-order valence-electron chi connectivity index (χ3n) is 3.92. The number of benzene rings is 1. The van der Waals surface area contributed by atoms with E-state index in [-0.39, 0.29) is 17.0 Å². The van der Waals surface area contributed by atoms with Crippen LogP contribution in [0, 0.1) is 17.0 Å². The van der Waals surface area contributed by atoms with Crippen LogP contribution in [0.4, 0.5) is 8.78 Å². The Balaban J connectivity index is 2.20. The number of rotatable bonds is 3. The molecule has 3 heteroatoms. The summed E-state index contributed by atoms with van der Waals surface area (Å²) in [5.74, 6) is -0.686. The van der Waals surface area contributed by atoms with Crippen molar-refractivity contribution in [3.05, 3.63) is 35.4 Å². The predicted molar refractivity (Wildman–Crippen MR) is 64.6 cm³/mol. The van der Waals surface area contributed by atoms with Gasteiger partial charge in [-0.15, -0.1) is 0 Å². The van der Waals surface area contributed by atoms with E-state index in [0.29, 0.717) is 18.5 Å². The van der Waals surface area contributed by atoms with Crippen molar-refractivity contribution in [3.63, 3.8) is 0 Å². The monoisotopic (exact) mass is 239 g/mol. The molecule has 1 fully saturated rings. The van der Waals surface area contributed by atoms with Gasteiger partial charge in [0.25, 0.3) is 0 Å². The average Bonchev–Trinajstić information content (AvgIpc) is 2.35. The standard InChI is InChI=1S/C14H19F2N/c15-12-4-5-13(16)11(8-12)9-14(10-17)6-2-1-3-7-14/h4-5,8H,1-3,6-7,9-10,17H2. The Bertz CT molecular complexity index is 384. The third-order valence-corrected chi connectivity index (χ3v) is 3.92. The molecule has 0 bridgehead atoms. The van der Waals surface area contributed by atoms with Crippen molar-refractivity contribution in [1.29, 1.82) is 0 Å². The van der Waals surface area contributed by atoms with Crippen molar-refractivity contribution < 1.29 is 8.78 Å². The molecule has 1 aliphatic rings. The summed E-state index contributed by atoms with van der Waals surface area (Å²) < 4.78 is 26.8. The van der Waals surface area contributed by atoms with E-state index in [9.17, 15) is 8.78 Å². The van der Waals surface area contributed by atoms with Crippen LogP contribution in [-0.4, -0.2) is 6.54 Å². The highest BCUT2D eigenvalue weighted by atomic mass is 19.1. The molecule has 17 heavy (non-hydrogen) atoms. The smallest absolute Gasteiger partial charge is 0.126 e. The van der Waals surface area contributed by atoms with Gasteiger partial charge in [-0.3, -0.25) is 0 Å². The molecule has 0 spiro atoms. The van der Waals surface area contributed by atoms with Crippen molar-refractivity contribution in [1.82, 2.24) is 0 Å². The van der Waals surface area contributed by atoms with Crippen LogP contribution in [0.3, 0.4) is 0 Å². The average molecular weight is 239 g/mol. The number of hydrogen-bond acceptors (Lipinski definition) is 1. The van der Waals surface area contributed by atoms with Crippen LogP contribution >= 0.6 is 0 Å². The zero-order valence-corrected chi connectivity index (χ0v) is 10.0. The molecule has 1 aromatic rings. The van der Waals surface area contributed by atoms with Gasteiger partial charge in [0, 0.05) is 0 Å². The van der Waals surface area contributed by atoms with E-state index < -0.39 is 0 Å². The first kappa shape index (κ1) is 12.5. The van der Waals surface area contributed by atoms with E-state index in [1.165, 1.54) is 18.6 Å². The summed E-state index contributed by atoms with van der Waals surface area (Å²) >= 11 is 0. The van der Waals surface area contributed by atoms with Gasteiger partial charge in [0.1, 0.15) is 11.6 Å². The fraction of sp³-hybridized carbons (Fsp3) is 0.571. The van der Waals surface area contributed by atoms with E-state index in [1.54, 1.807) is 0 Å². The summed E-state index contributed by atoms with van der Waals surface area (Å²) in [6.07, 6.45) is 6.14. The van der Waals surface area contributed by atoms with Crippen molar-refractivity contribution in [2.45, 2.75) is 38.5 Å². The lowest BCUT2D eigenvalue weighted by Gasteiger charge is -2.36. The van der Waals surface area contributed by atoms with Crippen LogP contribution in [0.25, 0.3) is 0 Å². The molecule has 0 atom stereocenters. The molecule has 0 amide bonds. The second-order valence-electron chi connectivity index (χ2n) is 5.18. The first-order valence-corrected chi connectivity index (χ1v) is 6.29.